The molecule has 0 unspecified atom stereocenters. The van der Waals surface area contributed by atoms with Crippen molar-refractivity contribution in [1.29, 1.82) is 5.26 Å². The fraction of sp³-hybridized carbons (Fsp3) is 0.231. The molecule has 0 aliphatic heterocycles. The van der Waals surface area contributed by atoms with Crippen molar-refractivity contribution in [3.05, 3.63) is 41.4 Å². The van der Waals surface area contributed by atoms with Gasteiger partial charge >= 0.3 is 0 Å². The molecule has 1 aromatic rings. The average Bonchev–Trinajstić information content (AvgIpc) is 2.29. The van der Waals surface area contributed by atoms with E-state index in [0.717, 1.165) is 18.5 Å². The highest BCUT2D eigenvalue weighted by Gasteiger charge is 2.11. The smallest absolute Gasteiger partial charge is 0.157 e. The third-order valence-corrected chi connectivity index (χ3v) is 2.60. The Morgan fingerprint density at radius 2 is 2.18 bits per heavy atom. The first-order valence-electron chi connectivity index (χ1n) is 5.39. The summed E-state index contributed by atoms with van der Waals surface area (Å²) in [6, 6.07) is 5.90. The van der Waals surface area contributed by atoms with E-state index in [2.05, 4.69) is 5.32 Å². The van der Waals surface area contributed by atoms with Crippen molar-refractivity contribution >= 4 is 11.5 Å². The molecule has 0 saturated carbocycles. The van der Waals surface area contributed by atoms with E-state index in [4.69, 9.17) is 5.26 Å². The van der Waals surface area contributed by atoms with Gasteiger partial charge in [0.2, 0.25) is 0 Å². The predicted octanol–water partition coefficient (Wildman–Crippen LogP) is 2.75. The zero-order valence-corrected chi connectivity index (χ0v) is 9.16. The summed E-state index contributed by atoms with van der Waals surface area (Å²) in [4.78, 5) is 11.2. The Morgan fingerprint density at radius 1 is 1.35 bits per heavy atom. The van der Waals surface area contributed by atoms with Crippen LogP contribution in [0.15, 0.2) is 30.0 Å². The minimum absolute atomic E-state index is 0.0636. The third kappa shape index (κ3) is 2.70. The summed E-state index contributed by atoms with van der Waals surface area (Å²) in [6.45, 7) is 0. The van der Waals surface area contributed by atoms with Crippen LogP contribution >= 0.6 is 0 Å². The largest absolute Gasteiger partial charge is 0.358 e. The molecule has 0 spiro atoms. The molecule has 0 aromatic heterocycles. The first kappa shape index (κ1) is 11.3. The number of halogens is 1. The number of hydrogen-bond donors (Lipinski definition) is 1. The molecule has 0 heterocycles. The van der Waals surface area contributed by atoms with Gasteiger partial charge in [-0.25, -0.2) is 4.39 Å². The molecule has 0 amide bonds. The maximum absolute atomic E-state index is 13.1. The van der Waals surface area contributed by atoms with E-state index in [-0.39, 0.29) is 5.78 Å². The van der Waals surface area contributed by atoms with Gasteiger partial charge in [0, 0.05) is 18.2 Å². The van der Waals surface area contributed by atoms with Crippen molar-refractivity contribution in [3.63, 3.8) is 0 Å². The molecule has 0 fully saturated rings. The van der Waals surface area contributed by atoms with Crippen molar-refractivity contribution in [3.8, 4) is 6.07 Å². The molecule has 3 nitrogen and oxygen atoms in total. The Kier molecular flexibility index (Phi) is 3.20. The maximum Gasteiger partial charge on any atom is 0.157 e. The maximum atomic E-state index is 13.1. The average molecular weight is 230 g/mol. The number of anilines is 1. The Balaban J connectivity index is 2.27. The summed E-state index contributed by atoms with van der Waals surface area (Å²) >= 11 is 0. The lowest BCUT2D eigenvalue weighted by Crippen LogP contribution is -2.10. The van der Waals surface area contributed by atoms with Gasteiger partial charge in [0.05, 0.1) is 11.3 Å². The van der Waals surface area contributed by atoms with Crippen molar-refractivity contribution in [2.75, 3.05) is 5.32 Å². The van der Waals surface area contributed by atoms with E-state index in [1.807, 2.05) is 6.07 Å². The lowest BCUT2D eigenvalue weighted by atomic mass is 10.0. The molecule has 1 aliphatic carbocycles. The SMILES string of the molecule is N#Cc1ccc(F)cc1NC1=CC(=O)CCC1. The molecule has 4 heteroatoms. The molecule has 1 N–H and O–H groups in total. The van der Waals surface area contributed by atoms with Crippen LogP contribution in [0.3, 0.4) is 0 Å². The quantitative estimate of drug-likeness (QED) is 0.849. The van der Waals surface area contributed by atoms with E-state index in [1.54, 1.807) is 0 Å². The normalized spacial score (nSPS) is 15.1. The van der Waals surface area contributed by atoms with Crippen LogP contribution in [0.1, 0.15) is 24.8 Å². The van der Waals surface area contributed by atoms with Crippen molar-refractivity contribution < 1.29 is 9.18 Å². The molecular formula is C13H11FN2O. The number of nitrogens with zero attached hydrogens (tertiary/aromatic N) is 1. The Hall–Kier alpha value is -2.15. The molecular weight excluding hydrogens is 219 g/mol. The Bertz CT molecular complexity index is 529. The number of carbonyl (C=O) groups is 1. The van der Waals surface area contributed by atoms with Crippen LogP contribution in [0.5, 0.6) is 0 Å². The second kappa shape index (κ2) is 4.79. The van der Waals surface area contributed by atoms with Gasteiger partial charge in [0.15, 0.2) is 5.78 Å². The molecule has 0 atom stereocenters. The number of carbonyl (C=O) groups excluding carboxylic acids is 1. The summed E-state index contributed by atoms with van der Waals surface area (Å²) in [5, 5.41) is 11.8. The highest BCUT2D eigenvalue weighted by Crippen LogP contribution is 2.22. The number of rotatable bonds is 2. The Labute approximate surface area is 98.6 Å². The van der Waals surface area contributed by atoms with Crippen LogP contribution in [0.2, 0.25) is 0 Å². The van der Waals surface area contributed by atoms with Gasteiger partial charge in [-0.2, -0.15) is 5.26 Å². The van der Waals surface area contributed by atoms with E-state index < -0.39 is 5.82 Å². The van der Waals surface area contributed by atoms with Crippen LogP contribution in [0.4, 0.5) is 10.1 Å². The molecule has 0 radical (unpaired) electrons. The fourth-order valence-corrected chi connectivity index (χ4v) is 1.78. The minimum atomic E-state index is -0.408. The number of allylic oxidation sites excluding steroid dienone is 2. The van der Waals surface area contributed by atoms with Crippen LogP contribution < -0.4 is 5.32 Å². The van der Waals surface area contributed by atoms with Crippen LogP contribution in [0.25, 0.3) is 0 Å². The summed E-state index contributed by atoms with van der Waals surface area (Å²) in [5.74, 6) is -0.345. The lowest BCUT2D eigenvalue weighted by molar-refractivity contribution is -0.115. The Morgan fingerprint density at radius 3 is 2.88 bits per heavy atom. The predicted molar refractivity (Wildman–Crippen MR) is 61.7 cm³/mol. The molecule has 86 valence electrons. The number of nitrogens with one attached hydrogen (secondary N) is 1. The van der Waals surface area contributed by atoms with E-state index in [0.29, 0.717) is 17.7 Å². The third-order valence-electron chi connectivity index (χ3n) is 2.60. The molecule has 0 bridgehead atoms. The molecule has 2 rings (SSSR count). The topological polar surface area (TPSA) is 52.9 Å². The van der Waals surface area contributed by atoms with Gasteiger partial charge in [-0.1, -0.05) is 0 Å². The number of nitriles is 1. The van der Waals surface area contributed by atoms with E-state index in [1.165, 1.54) is 24.3 Å². The van der Waals surface area contributed by atoms with Crippen molar-refractivity contribution in [1.82, 2.24) is 0 Å². The van der Waals surface area contributed by atoms with E-state index in [9.17, 15) is 9.18 Å². The van der Waals surface area contributed by atoms with Gasteiger partial charge in [-0.15, -0.1) is 0 Å². The number of hydrogen-bond acceptors (Lipinski definition) is 3. The second-order valence-electron chi connectivity index (χ2n) is 3.92. The summed E-state index contributed by atoms with van der Waals surface area (Å²) in [6.07, 6.45) is 3.61. The molecule has 0 saturated heterocycles. The summed E-state index contributed by atoms with van der Waals surface area (Å²) in [7, 11) is 0. The summed E-state index contributed by atoms with van der Waals surface area (Å²) in [5.41, 5.74) is 1.52. The first-order chi connectivity index (χ1) is 8.19. The van der Waals surface area contributed by atoms with Gasteiger partial charge < -0.3 is 5.32 Å². The minimum Gasteiger partial charge on any atom is -0.358 e. The van der Waals surface area contributed by atoms with Gasteiger partial charge in [0.1, 0.15) is 11.9 Å². The lowest BCUT2D eigenvalue weighted by Gasteiger charge is -2.15. The summed E-state index contributed by atoms with van der Waals surface area (Å²) < 4.78 is 13.1. The first-order valence-corrected chi connectivity index (χ1v) is 5.39. The van der Waals surface area contributed by atoms with Gasteiger partial charge in [-0.3, -0.25) is 4.79 Å². The monoisotopic (exact) mass is 230 g/mol. The molecule has 1 aromatic carbocycles. The van der Waals surface area contributed by atoms with Gasteiger partial charge in [-0.05, 0) is 31.0 Å². The van der Waals surface area contributed by atoms with Crippen molar-refractivity contribution in [2.24, 2.45) is 0 Å². The zero-order chi connectivity index (χ0) is 12.3. The van der Waals surface area contributed by atoms with Crippen LogP contribution in [0, 0.1) is 17.1 Å². The van der Waals surface area contributed by atoms with Crippen LogP contribution in [-0.4, -0.2) is 5.78 Å². The van der Waals surface area contributed by atoms with Crippen LogP contribution in [-0.2, 0) is 4.79 Å². The molecule has 1 aliphatic rings. The zero-order valence-electron chi connectivity index (χ0n) is 9.16. The standard InChI is InChI=1S/C13H11FN2O/c14-10-5-4-9(8-15)13(6-10)16-11-2-1-3-12(17)7-11/h4-7,16H,1-3H2. The fourth-order valence-electron chi connectivity index (χ4n) is 1.78. The second-order valence-corrected chi connectivity index (χ2v) is 3.92. The van der Waals surface area contributed by atoms with E-state index >= 15 is 0 Å². The number of ketones is 1. The molecule has 17 heavy (non-hydrogen) atoms. The van der Waals surface area contributed by atoms with Gasteiger partial charge in [0.25, 0.3) is 0 Å². The van der Waals surface area contributed by atoms with Crippen molar-refractivity contribution in [2.45, 2.75) is 19.3 Å². The highest BCUT2D eigenvalue weighted by molar-refractivity contribution is 5.91. The number of benzene rings is 1. The highest BCUT2D eigenvalue weighted by atomic mass is 19.1.